The topological polar surface area (TPSA) is 190 Å². The minimum Gasteiger partial charge on any atom is -0.459 e. The average molecular weight is 879 g/mol. The first-order chi connectivity index (χ1) is 29.0. The SMILES string of the molecule is CC[C@H]1OC(=O)[C@H](C)C[C@H](C)[C@@H](O[C@H]2C[C@@H](N(C)CC/C(=C/N[C@H](CF)[C@H](OC)c3ccc(C(=O)N(C)C)cc3)N=N)C[C@@H](C)O2)[C@](C)(O)C[C@@H](C)CN(C)[C@H](C)[C@@H](O)[C@]1(C)O. The van der Waals surface area contributed by atoms with E-state index in [9.17, 15) is 29.3 Å². The summed E-state index contributed by atoms with van der Waals surface area (Å²) in [5.74, 6) is -1.56. The predicted molar refractivity (Wildman–Crippen MR) is 236 cm³/mol. The number of likely N-dealkylation sites (N-methyl/N-ethyl adjacent to an activating group) is 1. The molecule has 1 aromatic rings. The number of nitrogens with one attached hydrogen (secondary N) is 2. The van der Waals surface area contributed by atoms with Crippen LogP contribution in [-0.2, 0) is 23.7 Å². The van der Waals surface area contributed by atoms with E-state index in [0.717, 1.165) is 6.42 Å². The molecule has 16 heteroatoms. The minimum absolute atomic E-state index is 0.0261. The number of carbonyl (C=O) groups is 2. The fourth-order valence-electron chi connectivity index (χ4n) is 9.35. The standard InChI is InChI=1S/C46H79FN6O9/c1-14-38-46(8,58)41(54)32(6)53(12)27-28(2)24-45(7,57)42(29(3)21-30(4)44(56)61-38)62-39-23-36(22-31(5)60-39)52(11)20-19-35(50-48)26-49-37(25-47)40(59-13)33-15-17-34(18-16-33)43(55)51(9)10/h15-18,26,28-32,36-42,48-49,54,57-58H,14,19-25,27H2,1-13H3/b35-26-,50-48?/t28-,29+,30-,31-,32-,36+,37-,38-,39+,40-,41-,42-,45-,46-/m1/s1. The van der Waals surface area contributed by atoms with Crippen LogP contribution in [0.5, 0.6) is 0 Å². The van der Waals surface area contributed by atoms with Crippen LogP contribution in [0.3, 0.4) is 0 Å². The molecule has 2 aliphatic heterocycles. The second-order valence-electron chi connectivity index (χ2n) is 18.9. The molecule has 0 radical (unpaired) electrons. The van der Waals surface area contributed by atoms with Crippen LogP contribution in [0.2, 0.25) is 0 Å². The summed E-state index contributed by atoms with van der Waals surface area (Å²) >= 11 is 0. The number of alkyl halides is 1. The van der Waals surface area contributed by atoms with Crippen LogP contribution in [0.1, 0.15) is 116 Å². The van der Waals surface area contributed by atoms with E-state index in [1.54, 1.807) is 58.4 Å². The first-order valence-electron chi connectivity index (χ1n) is 22.3. The summed E-state index contributed by atoms with van der Waals surface area (Å²) in [6.45, 7) is 15.0. The van der Waals surface area contributed by atoms with Gasteiger partial charge < -0.3 is 54.3 Å². The van der Waals surface area contributed by atoms with Crippen molar-refractivity contribution in [2.24, 2.45) is 22.9 Å². The van der Waals surface area contributed by atoms with Crippen molar-refractivity contribution in [3.05, 3.63) is 47.3 Å². The first-order valence-corrected chi connectivity index (χ1v) is 22.3. The molecule has 0 saturated carbocycles. The van der Waals surface area contributed by atoms with Gasteiger partial charge in [0.25, 0.3) is 5.91 Å². The fraction of sp³-hybridized carbons (Fsp3) is 0.783. The molecule has 0 unspecified atom stereocenters. The Hall–Kier alpha value is -3.09. The smallest absolute Gasteiger partial charge is 0.309 e. The molecule has 2 fully saturated rings. The van der Waals surface area contributed by atoms with E-state index in [1.165, 1.54) is 18.9 Å². The largest absolute Gasteiger partial charge is 0.459 e. The van der Waals surface area contributed by atoms with Crippen LogP contribution in [0, 0.1) is 23.3 Å². The van der Waals surface area contributed by atoms with Crippen molar-refractivity contribution < 1.29 is 48.2 Å². The number of halogens is 1. The van der Waals surface area contributed by atoms with Crippen molar-refractivity contribution in [3.8, 4) is 0 Å². The summed E-state index contributed by atoms with van der Waals surface area (Å²) in [5.41, 5.74) is 6.50. The molecule has 0 bridgehead atoms. The third kappa shape index (κ3) is 14.2. The molecule has 5 N–H and O–H groups in total. The quantitative estimate of drug-likeness (QED) is 0.107. The summed E-state index contributed by atoms with van der Waals surface area (Å²) in [5, 5.41) is 41.9. The molecule has 1 amide bonds. The van der Waals surface area contributed by atoms with Gasteiger partial charge in [0, 0.05) is 71.0 Å². The number of benzene rings is 1. The number of methoxy groups -OCH3 is 1. The lowest BCUT2D eigenvalue weighted by Crippen LogP contribution is -2.59. The lowest BCUT2D eigenvalue weighted by Gasteiger charge is -2.44. The van der Waals surface area contributed by atoms with Gasteiger partial charge in [0.05, 0.1) is 35.5 Å². The molecule has 0 spiro atoms. The molecule has 2 aliphatic rings. The maximum Gasteiger partial charge on any atom is 0.309 e. The van der Waals surface area contributed by atoms with Crippen LogP contribution in [0.15, 0.2) is 41.3 Å². The average Bonchev–Trinajstić information content (AvgIpc) is 3.22. The highest BCUT2D eigenvalue weighted by Crippen LogP contribution is 2.36. The van der Waals surface area contributed by atoms with E-state index in [4.69, 9.17) is 24.5 Å². The monoisotopic (exact) mass is 879 g/mol. The van der Waals surface area contributed by atoms with Crippen LogP contribution in [-0.4, -0.2) is 157 Å². The van der Waals surface area contributed by atoms with Gasteiger partial charge in [0.2, 0.25) is 0 Å². The van der Waals surface area contributed by atoms with Crippen molar-refractivity contribution in [2.45, 2.75) is 160 Å². The Balaban J connectivity index is 1.76. The predicted octanol–water partition coefficient (Wildman–Crippen LogP) is 5.68. The third-order valence-corrected chi connectivity index (χ3v) is 13.0. The summed E-state index contributed by atoms with van der Waals surface area (Å²) < 4.78 is 39.2. The summed E-state index contributed by atoms with van der Waals surface area (Å²) in [6, 6.07) is 5.66. The zero-order valence-electron chi connectivity index (χ0n) is 39.6. The van der Waals surface area contributed by atoms with Gasteiger partial charge in [0.15, 0.2) is 6.29 Å². The van der Waals surface area contributed by atoms with Gasteiger partial charge in [-0.2, -0.15) is 5.11 Å². The molecule has 2 saturated heterocycles. The van der Waals surface area contributed by atoms with E-state index in [1.807, 2.05) is 53.6 Å². The Morgan fingerprint density at radius 2 is 1.76 bits per heavy atom. The molecule has 3 rings (SSSR count). The van der Waals surface area contributed by atoms with Crippen molar-refractivity contribution in [3.63, 3.8) is 0 Å². The van der Waals surface area contributed by atoms with Crippen LogP contribution in [0.25, 0.3) is 0 Å². The maximum atomic E-state index is 14.4. The number of amides is 1. The molecule has 1 aromatic carbocycles. The van der Waals surface area contributed by atoms with Gasteiger partial charge in [0.1, 0.15) is 30.6 Å². The molecular formula is C46H79FN6O9. The third-order valence-electron chi connectivity index (χ3n) is 13.0. The Morgan fingerprint density at radius 1 is 1.11 bits per heavy atom. The second-order valence-corrected chi connectivity index (χ2v) is 18.9. The lowest BCUT2D eigenvalue weighted by atomic mass is 9.79. The summed E-state index contributed by atoms with van der Waals surface area (Å²) in [7, 11) is 8.72. The number of carbonyl (C=O) groups excluding carboxylic acids is 2. The highest BCUT2D eigenvalue weighted by Gasteiger charge is 2.47. The van der Waals surface area contributed by atoms with Gasteiger partial charge in [-0.25, -0.2) is 9.92 Å². The number of esters is 1. The zero-order chi connectivity index (χ0) is 46.7. The van der Waals surface area contributed by atoms with Gasteiger partial charge in [-0.15, -0.1) is 0 Å². The number of aliphatic hydroxyl groups is 3. The maximum absolute atomic E-state index is 14.4. The number of hydrogen-bond donors (Lipinski definition) is 5. The molecule has 15 nitrogen and oxygen atoms in total. The first kappa shape index (κ1) is 53.2. The molecule has 0 aromatic heterocycles. The summed E-state index contributed by atoms with van der Waals surface area (Å²) in [4.78, 5) is 31.5. The second kappa shape index (κ2) is 23.7. The van der Waals surface area contributed by atoms with Crippen LogP contribution >= 0.6 is 0 Å². The molecule has 354 valence electrons. The Kier molecular flexibility index (Phi) is 20.4. The Labute approximate surface area is 370 Å². The van der Waals surface area contributed by atoms with Crippen molar-refractivity contribution in [2.75, 3.05) is 55.1 Å². The highest BCUT2D eigenvalue weighted by atomic mass is 19.1. The van der Waals surface area contributed by atoms with E-state index in [0.29, 0.717) is 62.0 Å². The molecule has 2 heterocycles. The zero-order valence-corrected chi connectivity index (χ0v) is 39.6. The Morgan fingerprint density at radius 3 is 2.32 bits per heavy atom. The van der Waals surface area contributed by atoms with Crippen LogP contribution in [0.4, 0.5) is 4.39 Å². The van der Waals surface area contributed by atoms with Crippen LogP contribution < -0.4 is 5.32 Å². The highest BCUT2D eigenvalue weighted by molar-refractivity contribution is 5.93. The van der Waals surface area contributed by atoms with E-state index < -0.39 is 72.6 Å². The molecule has 14 atom stereocenters. The number of aliphatic hydroxyl groups excluding tert-OH is 1. The lowest BCUT2D eigenvalue weighted by molar-refractivity contribution is -0.262. The number of nitrogens with zero attached hydrogens (tertiary/aromatic N) is 4. The van der Waals surface area contributed by atoms with E-state index in [2.05, 4.69) is 15.3 Å². The number of cyclic esters (lactones) is 1. The normalized spacial score (nSPS) is 34.7. The minimum atomic E-state index is -1.69. The molecule has 62 heavy (non-hydrogen) atoms. The van der Waals surface area contributed by atoms with Gasteiger partial charge in [-0.1, -0.05) is 39.8 Å². The van der Waals surface area contributed by atoms with Gasteiger partial charge in [-0.3, -0.25) is 9.59 Å². The van der Waals surface area contributed by atoms with Gasteiger partial charge >= 0.3 is 5.97 Å². The van der Waals surface area contributed by atoms with E-state index in [-0.39, 0.29) is 29.9 Å². The molecule has 0 aliphatic carbocycles. The number of ether oxygens (including phenoxy) is 4. The molecular weight excluding hydrogens is 800 g/mol. The number of hydrogen-bond acceptors (Lipinski definition) is 14. The summed E-state index contributed by atoms with van der Waals surface area (Å²) in [6.07, 6.45) is -0.120. The fourth-order valence-corrected chi connectivity index (χ4v) is 9.35. The van der Waals surface area contributed by atoms with E-state index >= 15 is 0 Å². The Bertz CT molecular complexity index is 1600. The van der Waals surface area contributed by atoms with Crippen molar-refractivity contribution >= 4 is 11.9 Å². The van der Waals surface area contributed by atoms with Gasteiger partial charge in [-0.05, 0) is 97.0 Å². The van der Waals surface area contributed by atoms with Crippen molar-refractivity contribution in [1.82, 2.24) is 20.0 Å². The van der Waals surface area contributed by atoms with Crippen molar-refractivity contribution in [1.29, 1.82) is 5.53 Å². The number of rotatable bonds is 15.